The number of carbonyl (C=O) groups excluding carboxylic acids is 1. The molecule has 1 aliphatic heterocycles. The average Bonchev–Trinajstić information content (AvgIpc) is 2.51. The van der Waals surface area contributed by atoms with Gasteiger partial charge in [-0.3, -0.25) is 4.79 Å². The quantitative estimate of drug-likeness (QED) is 0.847. The van der Waals surface area contributed by atoms with Crippen LogP contribution in [-0.2, 0) is 16.1 Å². The molecule has 1 atom stereocenters. The first-order valence-corrected chi connectivity index (χ1v) is 8.03. The van der Waals surface area contributed by atoms with Crippen LogP contribution in [0.3, 0.4) is 0 Å². The zero-order valence-electron chi connectivity index (χ0n) is 13.5. The fourth-order valence-electron chi connectivity index (χ4n) is 2.47. The molecule has 0 bridgehead atoms. The van der Waals surface area contributed by atoms with Gasteiger partial charge < -0.3 is 19.9 Å². The first-order valence-electron chi connectivity index (χ1n) is 7.65. The molecule has 0 aliphatic carbocycles. The van der Waals surface area contributed by atoms with Crippen LogP contribution in [0, 0.1) is 5.82 Å². The van der Waals surface area contributed by atoms with Gasteiger partial charge in [0.1, 0.15) is 5.82 Å². The van der Waals surface area contributed by atoms with E-state index < -0.39 is 5.82 Å². The van der Waals surface area contributed by atoms with Gasteiger partial charge in [0, 0.05) is 43.8 Å². The standard InChI is InChI=1S/C16H23ClFN3O2/c1-20-6-7-23-12(10-20)8-19-9-16(22)21(2)11-13-14(17)4-3-5-15(13)18/h3-5,12,19H,6-11H2,1-2H3. The van der Waals surface area contributed by atoms with Crippen LogP contribution in [0.5, 0.6) is 0 Å². The van der Waals surface area contributed by atoms with Gasteiger partial charge in [-0.2, -0.15) is 0 Å². The normalized spacial score (nSPS) is 18.9. The molecule has 5 nitrogen and oxygen atoms in total. The summed E-state index contributed by atoms with van der Waals surface area (Å²) in [5.41, 5.74) is 0.335. The number of ether oxygens (including phenoxy) is 1. The van der Waals surface area contributed by atoms with E-state index in [9.17, 15) is 9.18 Å². The first-order chi connectivity index (χ1) is 11.0. The van der Waals surface area contributed by atoms with Crippen LogP contribution < -0.4 is 5.32 Å². The number of nitrogens with zero attached hydrogens (tertiary/aromatic N) is 2. The van der Waals surface area contributed by atoms with E-state index in [1.54, 1.807) is 19.2 Å². The molecule has 128 valence electrons. The highest BCUT2D eigenvalue weighted by molar-refractivity contribution is 6.31. The highest BCUT2D eigenvalue weighted by Crippen LogP contribution is 2.20. The van der Waals surface area contributed by atoms with Gasteiger partial charge in [0.15, 0.2) is 0 Å². The maximum absolute atomic E-state index is 13.7. The Morgan fingerprint density at radius 1 is 1.57 bits per heavy atom. The Morgan fingerprint density at radius 2 is 2.35 bits per heavy atom. The molecular formula is C16H23ClFN3O2. The molecule has 0 spiro atoms. The van der Waals surface area contributed by atoms with Crippen molar-refractivity contribution in [1.82, 2.24) is 15.1 Å². The molecule has 7 heteroatoms. The fourth-order valence-corrected chi connectivity index (χ4v) is 2.70. The number of hydrogen-bond acceptors (Lipinski definition) is 4. The van der Waals surface area contributed by atoms with Crippen molar-refractivity contribution in [2.75, 3.05) is 46.9 Å². The van der Waals surface area contributed by atoms with Crippen molar-refractivity contribution >= 4 is 17.5 Å². The maximum atomic E-state index is 13.7. The van der Waals surface area contributed by atoms with Crippen molar-refractivity contribution < 1.29 is 13.9 Å². The number of carbonyl (C=O) groups is 1. The van der Waals surface area contributed by atoms with Crippen molar-refractivity contribution in [3.05, 3.63) is 34.6 Å². The molecule has 0 saturated carbocycles. The third-order valence-corrected chi connectivity index (χ3v) is 4.23. The number of amides is 1. The lowest BCUT2D eigenvalue weighted by atomic mass is 10.2. The number of likely N-dealkylation sites (N-methyl/N-ethyl adjacent to an activating group) is 2. The van der Waals surface area contributed by atoms with Crippen molar-refractivity contribution in [2.24, 2.45) is 0 Å². The topological polar surface area (TPSA) is 44.8 Å². The van der Waals surface area contributed by atoms with Crippen LogP contribution in [0.1, 0.15) is 5.56 Å². The van der Waals surface area contributed by atoms with Crippen molar-refractivity contribution in [3.8, 4) is 0 Å². The van der Waals surface area contributed by atoms with E-state index in [0.29, 0.717) is 23.7 Å². The van der Waals surface area contributed by atoms with E-state index in [1.807, 2.05) is 7.05 Å². The third-order valence-electron chi connectivity index (χ3n) is 3.87. The smallest absolute Gasteiger partial charge is 0.236 e. The summed E-state index contributed by atoms with van der Waals surface area (Å²) in [5.74, 6) is -0.516. The highest BCUT2D eigenvalue weighted by Gasteiger charge is 2.18. The Balaban J connectivity index is 1.76. The molecule has 2 rings (SSSR count). The molecule has 23 heavy (non-hydrogen) atoms. The van der Waals surface area contributed by atoms with E-state index in [4.69, 9.17) is 16.3 Å². The lowest BCUT2D eigenvalue weighted by Crippen LogP contribution is -2.46. The molecule has 1 heterocycles. The zero-order valence-corrected chi connectivity index (χ0v) is 14.3. The Hall–Kier alpha value is -1.21. The van der Waals surface area contributed by atoms with Crippen molar-refractivity contribution in [1.29, 1.82) is 0 Å². The molecule has 1 saturated heterocycles. The monoisotopic (exact) mass is 343 g/mol. The van der Waals surface area contributed by atoms with Gasteiger partial charge in [-0.15, -0.1) is 0 Å². The number of rotatable bonds is 6. The van der Waals surface area contributed by atoms with E-state index >= 15 is 0 Å². The predicted molar refractivity (Wildman–Crippen MR) is 88.0 cm³/mol. The number of nitrogens with one attached hydrogen (secondary N) is 1. The van der Waals surface area contributed by atoms with E-state index in [0.717, 1.165) is 13.1 Å². The van der Waals surface area contributed by atoms with Crippen LogP contribution in [0.2, 0.25) is 5.02 Å². The number of benzene rings is 1. The van der Waals surface area contributed by atoms with Gasteiger partial charge in [-0.1, -0.05) is 17.7 Å². The summed E-state index contributed by atoms with van der Waals surface area (Å²) in [6.07, 6.45) is 0.0906. The van der Waals surface area contributed by atoms with Gasteiger partial charge in [-0.25, -0.2) is 4.39 Å². The molecule has 1 aliphatic rings. The minimum Gasteiger partial charge on any atom is -0.374 e. The molecule has 0 aromatic heterocycles. The molecule has 1 aromatic rings. The molecule has 1 unspecified atom stereocenters. The number of halogens is 2. The second kappa shape index (κ2) is 8.59. The minimum atomic E-state index is -0.399. The van der Waals surface area contributed by atoms with Gasteiger partial charge in [0.25, 0.3) is 0 Å². The van der Waals surface area contributed by atoms with Crippen LogP contribution in [0.25, 0.3) is 0 Å². The second-order valence-electron chi connectivity index (χ2n) is 5.84. The van der Waals surface area contributed by atoms with Crippen molar-refractivity contribution in [2.45, 2.75) is 12.6 Å². The van der Waals surface area contributed by atoms with Crippen molar-refractivity contribution in [3.63, 3.8) is 0 Å². The zero-order chi connectivity index (χ0) is 16.8. The van der Waals surface area contributed by atoms with Crippen LogP contribution in [-0.4, -0.2) is 68.7 Å². The van der Waals surface area contributed by atoms with Gasteiger partial charge in [0.05, 0.1) is 19.3 Å². The Morgan fingerprint density at radius 3 is 3.04 bits per heavy atom. The summed E-state index contributed by atoms with van der Waals surface area (Å²) in [4.78, 5) is 15.8. The molecular weight excluding hydrogens is 321 g/mol. The first kappa shape index (κ1) is 18.1. The average molecular weight is 344 g/mol. The third kappa shape index (κ3) is 5.42. The summed E-state index contributed by atoms with van der Waals surface area (Å²) in [6, 6.07) is 4.51. The summed E-state index contributed by atoms with van der Waals surface area (Å²) < 4.78 is 19.4. The fraction of sp³-hybridized carbons (Fsp3) is 0.562. The number of hydrogen-bond donors (Lipinski definition) is 1. The van der Waals surface area contributed by atoms with E-state index in [2.05, 4.69) is 10.2 Å². The van der Waals surface area contributed by atoms with Gasteiger partial charge >= 0.3 is 0 Å². The predicted octanol–water partition coefficient (Wildman–Crippen LogP) is 1.36. The summed E-state index contributed by atoms with van der Waals surface area (Å²) in [7, 11) is 3.68. The minimum absolute atomic E-state index is 0.0906. The summed E-state index contributed by atoms with van der Waals surface area (Å²) in [6.45, 7) is 3.44. The Labute approximate surface area is 141 Å². The summed E-state index contributed by atoms with van der Waals surface area (Å²) in [5, 5.41) is 3.43. The SMILES string of the molecule is CN1CCOC(CNCC(=O)N(C)Cc2c(F)cccc2Cl)C1. The van der Waals surface area contributed by atoms with E-state index in [-0.39, 0.29) is 25.1 Å². The van der Waals surface area contributed by atoms with Gasteiger partial charge in [0.2, 0.25) is 5.91 Å². The Bertz CT molecular complexity index is 524. The Kier molecular flexibility index (Phi) is 6.77. The molecule has 1 N–H and O–H groups in total. The maximum Gasteiger partial charge on any atom is 0.236 e. The molecule has 0 radical (unpaired) electrons. The van der Waals surface area contributed by atoms with Gasteiger partial charge in [-0.05, 0) is 19.2 Å². The van der Waals surface area contributed by atoms with Crippen LogP contribution in [0.4, 0.5) is 4.39 Å². The molecule has 1 aromatic carbocycles. The number of morpholine rings is 1. The molecule has 1 fully saturated rings. The highest BCUT2D eigenvalue weighted by atomic mass is 35.5. The largest absolute Gasteiger partial charge is 0.374 e. The van der Waals surface area contributed by atoms with Crippen LogP contribution >= 0.6 is 11.6 Å². The second-order valence-corrected chi connectivity index (χ2v) is 6.24. The van der Waals surface area contributed by atoms with Crippen LogP contribution in [0.15, 0.2) is 18.2 Å². The van der Waals surface area contributed by atoms with E-state index in [1.165, 1.54) is 11.0 Å². The lowest BCUT2D eigenvalue weighted by molar-refractivity contribution is -0.129. The summed E-state index contributed by atoms with van der Waals surface area (Å²) >= 11 is 5.98. The molecule has 1 amide bonds. The lowest BCUT2D eigenvalue weighted by Gasteiger charge is -2.30.